The highest BCUT2D eigenvalue weighted by Crippen LogP contribution is 2.33. The Morgan fingerprint density at radius 3 is 2.68 bits per heavy atom. The van der Waals surface area contributed by atoms with Gasteiger partial charge in [-0.05, 0) is 56.9 Å². The minimum absolute atomic E-state index is 0.157. The number of H-pyrrole nitrogens is 1. The molecule has 2 heterocycles. The molecule has 0 aliphatic heterocycles. The van der Waals surface area contributed by atoms with Crippen molar-refractivity contribution in [2.75, 3.05) is 34.3 Å². The van der Waals surface area contributed by atoms with E-state index in [1.165, 1.54) is 12.1 Å². The molecule has 0 aliphatic rings. The molecule has 0 saturated carbocycles. The van der Waals surface area contributed by atoms with Gasteiger partial charge in [-0.15, -0.1) is 0 Å². The molecule has 0 fully saturated rings. The molecule has 1 N–H and O–H groups in total. The molecule has 0 saturated heterocycles. The van der Waals surface area contributed by atoms with Gasteiger partial charge in [0.15, 0.2) is 0 Å². The summed E-state index contributed by atoms with van der Waals surface area (Å²) < 4.78 is 19.6. The van der Waals surface area contributed by atoms with E-state index in [2.05, 4.69) is 15.2 Å². The quantitative estimate of drug-likeness (QED) is 0.417. The number of rotatable bonds is 8. The van der Waals surface area contributed by atoms with Crippen molar-refractivity contribution in [3.8, 4) is 16.9 Å². The molecular formula is C26H28FN5O2. The second-order valence-electron chi connectivity index (χ2n) is 8.41. The molecule has 4 rings (SSSR count). The Bertz CT molecular complexity index is 1300. The highest BCUT2D eigenvalue weighted by atomic mass is 19.1. The van der Waals surface area contributed by atoms with E-state index in [-0.39, 0.29) is 17.8 Å². The summed E-state index contributed by atoms with van der Waals surface area (Å²) in [5.74, 6) is 0.0527. The van der Waals surface area contributed by atoms with Crippen LogP contribution in [0, 0.1) is 5.82 Å². The number of pyridine rings is 1. The maximum absolute atomic E-state index is 13.8. The molecule has 0 radical (unpaired) electrons. The maximum Gasteiger partial charge on any atom is 0.254 e. The molecule has 0 unspecified atom stereocenters. The molecule has 8 heteroatoms. The van der Waals surface area contributed by atoms with Crippen molar-refractivity contribution >= 4 is 16.8 Å². The van der Waals surface area contributed by atoms with E-state index in [1.54, 1.807) is 54.8 Å². The fourth-order valence-electron chi connectivity index (χ4n) is 4.08. The van der Waals surface area contributed by atoms with Crippen molar-refractivity contribution in [1.29, 1.82) is 0 Å². The lowest BCUT2D eigenvalue weighted by Gasteiger charge is -2.31. The number of amides is 1. The summed E-state index contributed by atoms with van der Waals surface area (Å²) in [5.41, 5.74) is 3.66. The normalized spacial score (nSPS) is 12.2. The molecule has 0 spiro atoms. The van der Waals surface area contributed by atoms with E-state index in [9.17, 15) is 9.18 Å². The first-order valence-electron chi connectivity index (χ1n) is 11.1. The second kappa shape index (κ2) is 10.0. The minimum Gasteiger partial charge on any atom is -0.493 e. The molecule has 34 heavy (non-hydrogen) atoms. The van der Waals surface area contributed by atoms with Gasteiger partial charge >= 0.3 is 0 Å². The average Bonchev–Trinajstić information content (AvgIpc) is 3.31. The number of aromatic amines is 1. The van der Waals surface area contributed by atoms with Gasteiger partial charge in [0.2, 0.25) is 0 Å². The van der Waals surface area contributed by atoms with Gasteiger partial charge in [0.1, 0.15) is 11.6 Å². The van der Waals surface area contributed by atoms with Gasteiger partial charge in [-0.2, -0.15) is 5.10 Å². The van der Waals surface area contributed by atoms with Crippen molar-refractivity contribution in [2.24, 2.45) is 0 Å². The Morgan fingerprint density at radius 2 is 1.94 bits per heavy atom. The Balaban J connectivity index is 1.71. The summed E-state index contributed by atoms with van der Waals surface area (Å²) in [6.45, 7) is 2.90. The average molecular weight is 462 g/mol. The number of carbonyl (C=O) groups is 1. The fourth-order valence-corrected chi connectivity index (χ4v) is 4.08. The zero-order chi connectivity index (χ0) is 24.2. The van der Waals surface area contributed by atoms with Crippen LogP contribution in [0.2, 0.25) is 0 Å². The Labute approximate surface area is 198 Å². The fraction of sp³-hybridized carbons (Fsp3) is 0.269. The number of fused-ring (bicyclic) bond motifs is 1. The summed E-state index contributed by atoms with van der Waals surface area (Å²) in [6, 6.07) is 11.3. The number of likely N-dealkylation sites (N-methyl/N-ethyl adjacent to an activating group) is 2. The highest BCUT2D eigenvalue weighted by molar-refractivity contribution is 5.96. The SMILES string of the molecule is CCOc1cc(C(=O)N(C)[C@@H](CN(C)C)c2cncc3cn[nH]c23)ccc1-c1cccc(F)c1. The van der Waals surface area contributed by atoms with E-state index >= 15 is 0 Å². The van der Waals surface area contributed by atoms with Crippen molar-refractivity contribution in [2.45, 2.75) is 13.0 Å². The van der Waals surface area contributed by atoms with Gasteiger partial charge in [0.05, 0.1) is 24.4 Å². The summed E-state index contributed by atoms with van der Waals surface area (Å²) in [5, 5.41) is 8.06. The van der Waals surface area contributed by atoms with Crippen molar-refractivity contribution in [3.63, 3.8) is 0 Å². The molecule has 176 valence electrons. The van der Waals surface area contributed by atoms with Crippen LogP contribution in [-0.2, 0) is 0 Å². The monoisotopic (exact) mass is 461 g/mol. The summed E-state index contributed by atoms with van der Waals surface area (Å²) >= 11 is 0. The van der Waals surface area contributed by atoms with E-state index in [0.29, 0.717) is 30.0 Å². The van der Waals surface area contributed by atoms with E-state index in [0.717, 1.165) is 22.0 Å². The van der Waals surface area contributed by atoms with E-state index in [1.807, 2.05) is 32.0 Å². The number of hydrogen-bond donors (Lipinski definition) is 1. The van der Waals surface area contributed by atoms with Crippen LogP contribution in [-0.4, -0.2) is 65.2 Å². The Hall–Kier alpha value is -3.78. The maximum atomic E-state index is 13.8. The van der Waals surface area contributed by atoms with Crippen LogP contribution in [0.4, 0.5) is 4.39 Å². The zero-order valence-corrected chi connectivity index (χ0v) is 19.7. The Kier molecular flexibility index (Phi) is 6.88. The molecular weight excluding hydrogens is 433 g/mol. The first-order chi connectivity index (χ1) is 16.4. The molecule has 0 bridgehead atoms. The van der Waals surface area contributed by atoms with Crippen LogP contribution in [0.15, 0.2) is 61.1 Å². The summed E-state index contributed by atoms with van der Waals surface area (Å²) in [7, 11) is 5.71. The van der Waals surface area contributed by atoms with E-state index in [4.69, 9.17) is 4.74 Å². The molecule has 1 atom stereocenters. The van der Waals surface area contributed by atoms with Crippen LogP contribution in [0.3, 0.4) is 0 Å². The van der Waals surface area contributed by atoms with Crippen molar-refractivity contribution in [1.82, 2.24) is 25.0 Å². The highest BCUT2D eigenvalue weighted by Gasteiger charge is 2.26. The molecule has 2 aromatic carbocycles. The third kappa shape index (κ3) is 4.77. The first kappa shape index (κ1) is 23.4. The first-order valence-corrected chi connectivity index (χ1v) is 11.1. The van der Waals surface area contributed by atoms with Gasteiger partial charge in [0.25, 0.3) is 5.91 Å². The molecule has 4 aromatic rings. The van der Waals surface area contributed by atoms with Gasteiger partial charge in [-0.25, -0.2) is 4.39 Å². The lowest BCUT2D eigenvalue weighted by Crippen LogP contribution is -2.37. The van der Waals surface area contributed by atoms with Gasteiger partial charge in [-0.3, -0.25) is 14.9 Å². The van der Waals surface area contributed by atoms with Gasteiger partial charge in [0, 0.05) is 48.1 Å². The topological polar surface area (TPSA) is 74.3 Å². The van der Waals surface area contributed by atoms with Gasteiger partial charge < -0.3 is 14.5 Å². The minimum atomic E-state index is -0.326. The zero-order valence-electron chi connectivity index (χ0n) is 19.7. The number of benzene rings is 2. The van der Waals surface area contributed by atoms with Crippen LogP contribution in [0.1, 0.15) is 28.9 Å². The Morgan fingerprint density at radius 1 is 1.12 bits per heavy atom. The number of halogens is 1. The lowest BCUT2D eigenvalue weighted by molar-refractivity contribution is 0.0706. The lowest BCUT2D eigenvalue weighted by atomic mass is 10.0. The predicted molar refractivity (Wildman–Crippen MR) is 130 cm³/mol. The number of carbonyl (C=O) groups excluding carboxylic acids is 1. The number of aromatic nitrogens is 3. The summed E-state index contributed by atoms with van der Waals surface area (Å²) in [4.78, 5) is 21.7. The molecule has 0 aliphatic carbocycles. The molecule has 2 aromatic heterocycles. The van der Waals surface area contributed by atoms with Crippen LogP contribution in [0.25, 0.3) is 22.0 Å². The van der Waals surface area contributed by atoms with Crippen molar-refractivity contribution < 1.29 is 13.9 Å². The van der Waals surface area contributed by atoms with Crippen LogP contribution in [0.5, 0.6) is 5.75 Å². The number of hydrogen-bond acceptors (Lipinski definition) is 5. The standard InChI is InChI=1S/C26H28FN5O2/c1-5-34-24-12-18(9-10-21(24)17-7-6-8-20(27)11-17)26(33)32(4)23(16-31(2)3)22-15-28-13-19-14-29-30-25(19)22/h6-15,23H,5,16H2,1-4H3,(H,29,30)/t23-/m0/s1. The second-order valence-corrected chi connectivity index (χ2v) is 8.41. The molecule has 1 amide bonds. The molecule has 7 nitrogen and oxygen atoms in total. The van der Waals surface area contributed by atoms with Crippen molar-refractivity contribution in [3.05, 3.63) is 78.0 Å². The van der Waals surface area contributed by atoms with Gasteiger partial charge in [-0.1, -0.05) is 12.1 Å². The van der Waals surface area contributed by atoms with Crippen LogP contribution >= 0.6 is 0 Å². The number of nitrogens with zero attached hydrogens (tertiary/aromatic N) is 4. The smallest absolute Gasteiger partial charge is 0.254 e. The largest absolute Gasteiger partial charge is 0.493 e. The predicted octanol–water partition coefficient (Wildman–Crippen LogP) is 4.54. The van der Waals surface area contributed by atoms with E-state index < -0.39 is 0 Å². The number of nitrogens with one attached hydrogen (secondary N) is 1. The third-order valence-electron chi connectivity index (χ3n) is 5.73. The number of ether oxygens (including phenoxy) is 1. The van der Waals surface area contributed by atoms with Crippen LogP contribution < -0.4 is 4.74 Å². The third-order valence-corrected chi connectivity index (χ3v) is 5.73. The summed E-state index contributed by atoms with van der Waals surface area (Å²) in [6.07, 6.45) is 5.24.